The average molecular weight is 809 g/mol. The van der Waals surface area contributed by atoms with Crippen LogP contribution in [0.4, 0.5) is 0 Å². The number of ether oxygens (including phenoxy) is 6. The molecule has 10 nitrogen and oxygen atoms in total. The lowest BCUT2D eigenvalue weighted by molar-refractivity contribution is -0.166. The third kappa shape index (κ3) is 8.02. The lowest BCUT2D eigenvalue weighted by atomic mass is 9.69. The van der Waals surface area contributed by atoms with Crippen LogP contribution in [-0.2, 0) is 10.8 Å². The number of benzene rings is 6. The number of fused-ring (bicyclic) bond motifs is 2. The average Bonchev–Trinajstić information content (AvgIpc) is 3.52. The van der Waals surface area contributed by atoms with Crippen LogP contribution in [0, 0.1) is 0 Å². The predicted octanol–water partition coefficient (Wildman–Crippen LogP) is 10.1. The molecule has 0 unspecified atom stereocenters. The molecule has 0 saturated heterocycles. The number of carbonyl (C=O) groups excluding carboxylic acids is 4. The highest BCUT2D eigenvalue weighted by Crippen LogP contribution is 2.56. The Morgan fingerprint density at radius 1 is 0.441 bits per heavy atom. The van der Waals surface area contributed by atoms with E-state index < -0.39 is 207 Å². The Kier molecular flexibility index (Phi) is 5.58. The smallest absolute Gasteiger partial charge is 0.343 e. The van der Waals surface area contributed by atoms with Gasteiger partial charge in [0, 0.05) is 46.9 Å². The molecule has 2 heterocycles. The van der Waals surface area contributed by atoms with Gasteiger partial charge in [0.25, 0.3) is 5.79 Å². The van der Waals surface area contributed by atoms with Crippen molar-refractivity contribution in [1.29, 1.82) is 0 Å². The highest BCUT2D eigenvalue weighted by atomic mass is 16.7. The van der Waals surface area contributed by atoms with E-state index in [4.69, 9.17) is 55.8 Å². The van der Waals surface area contributed by atoms with Crippen LogP contribution in [0.2, 0.25) is 0 Å². The predicted molar refractivity (Wildman–Crippen MR) is 218 cm³/mol. The van der Waals surface area contributed by atoms with Crippen molar-refractivity contribution in [2.24, 2.45) is 0 Å². The molecule has 0 fully saturated rings. The summed E-state index contributed by atoms with van der Waals surface area (Å²) in [6.07, 6.45) is -0.227. The molecule has 0 atom stereocenters. The molecule has 2 aliphatic rings. The second kappa shape index (κ2) is 15.3. The van der Waals surface area contributed by atoms with Crippen molar-refractivity contribution < 1.29 is 75.0 Å². The van der Waals surface area contributed by atoms with Gasteiger partial charge in [-0.1, -0.05) is 100 Å². The van der Waals surface area contributed by atoms with E-state index in [9.17, 15) is 19.2 Å². The maximum absolute atomic E-state index is 14.0. The summed E-state index contributed by atoms with van der Waals surface area (Å²) in [4.78, 5) is 55.8. The molecule has 0 aromatic heterocycles. The van der Waals surface area contributed by atoms with Crippen LogP contribution in [-0.4, -0.2) is 29.7 Å². The largest absolute Gasteiger partial charge is 0.452 e. The first kappa shape index (κ1) is 21.5. The van der Waals surface area contributed by atoms with E-state index in [1.165, 1.54) is 12.1 Å². The van der Waals surface area contributed by atoms with Crippen molar-refractivity contribution in [1.82, 2.24) is 0 Å². The first-order valence-corrected chi connectivity index (χ1v) is 17.5. The maximum atomic E-state index is 14.0. The third-order valence-corrected chi connectivity index (χ3v) is 9.19. The van der Waals surface area contributed by atoms with E-state index in [1.54, 1.807) is 27.7 Å². The second-order valence-corrected chi connectivity index (χ2v) is 14.4. The zero-order chi connectivity index (χ0) is 58.8. The summed E-state index contributed by atoms with van der Waals surface area (Å²) in [6, 6.07) is -13.7. The van der Waals surface area contributed by atoms with Gasteiger partial charge in [-0.3, -0.25) is 0 Å². The summed E-state index contributed by atoms with van der Waals surface area (Å²) in [5.41, 5.74) is -5.63. The molecule has 0 N–H and O–H groups in total. The summed E-state index contributed by atoms with van der Waals surface area (Å²) >= 11 is 0. The fourth-order valence-electron chi connectivity index (χ4n) is 6.81. The Hall–Kier alpha value is -7.20. The molecular weight excluding hydrogens is 749 g/mol. The first-order valence-electron chi connectivity index (χ1n) is 27.5. The minimum absolute atomic E-state index is 0.113. The van der Waals surface area contributed by atoms with Gasteiger partial charge < -0.3 is 28.4 Å². The van der Waals surface area contributed by atoms with Crippen LogP contribution < -0.4 is 28.4 Å². The zero-order valence-electron chi connectivity index (χ0n) is 51.3. The molecule has 10 heteroatoms. The lowest BCUT2D eigenvalue weighted by Crippen LogP contribution is -2.55. The van der Waals surface area contributed by atoms with Crippen LogP contribution in [0.15, 0.2) is 145 Å². The zero-order valence-corrected chi connectivity index (χ0v) is 31.3. The Balaban J connectivity index is 1.27. The molecule has 8 rings (SSSR count). The van der Waals surface area contributed by atoms with Crippen molar-refractivity contribution >= 4 is 23.9 Å². The fourth-order valence-corrected chi connectivity index (χ4v) is 6.81. The van der Waals surface area contributed by atoms with Gasteiger partial charge in [0.15, 0.2) is 23.0 Å². The van der Waals surface area contributed by atoms with Gasteiger partial charge in [0.05, 0.1) is 49.7 Å². The number of carbonyl (C=O) groups is 4. The number of hydrogen-bond acceptors (Lipinski definition) is 10. The van der Waals surface area contributed by atoms with Crippen molar-refractivity contribution in [3.8, 4) is 34.5 Å². The fraction of sp³-hybridized carbons (Fsp3) is 0.184. The minimum Gasteiger partial charge on any atom is -0.452 e. The molecule has 296 valence electrons. The summed E-state index contributed by atoms with van der Waals surface area (Å²) in [5.74, 6) is -11.0. The molecule has 6 aromatic carbocycles. The van der Waals surface area contributed by atoms with Gasteiger partial charge in [-0.05, 0) is 60.5 Å². The summed E-state index contributed by atoms with van der Waals surface area (Å²) < 4.78 is 200. The van der Waals surface area contributed by atoms with Gasteiger partial charge in [0.2, 0.25) is 0 Å². The molecule has 0 amide bonds. The second-order valence-electron chi connectivity index (χ2n) is 14.4. The lowest BCUT2D eigenvalue weighted by Gasteiger charge is -2.51. The first-order chi connectivity index (χ1) is 36.6. The highest BCUT2D eigenvalue weighted by Gasteiger charge is 2.54. The molecular formula is C49H40O10. The van der Waals surface area contributed by atoms with Gasteiger partial charge in [-0.25, -0.2) is 19.2 Å². The Morgan fingerprint density at radius 3 is 0.966 bits per heavy atom. The minimum atomic E-state index is -1.81. The molecule has 1 spiro atoms. The molecule has 0 saturated carbocycles. The normalized spacial score (nSPS) is 20.0. The quantitative estimate of drug-likeness (QED) is 0.108. The van der Waals surface area contributed by atoms with Gasteiger partial charge in [0.1, 0.15) is 11.5 Å². The maximum Gasteiger partial charge on any atom is 0.343 e. The molecule has 0 radical (unpaired) electrons. The Morgan fingerprint density at radius 2 is 0.695 bits per heavy atom. The highest BCUT2D eigenvalue weighted by molar-refractivity contribution is 5.94. The molecule has 0 bridgehead atoms. The monoisotopic (exact) mass is 808 g/mol. The molecule has 6 aromatic rings. The molecule has 2 aliphatic heterocycles. The van der Waals surface area contributed by atoms with E-state index in [-0.39, 0.29) is 35.5 Å². The van der Waals surface area contributed by atoms with Crippen LogP contribution >= 0.6 is 0 Å². The van der Waals surface area contributed by atoms with E-state index in [0.717, 1.165) is 12.1 Å². The number of rotatable bonds is 8. The molecule has 59 heavy (non-hydrogen) atoms. The van der Waals surface area contributed by atoms with Crippen LogP contribution in [0.25, 0.3) is 0 Å². The number of hydrogen-bond donors (Lipinski definition) is 0. The Labute approximate surface area is 369 Å². The van der Waals surface area contributed by atoms with Crippen LogP contribution in [0.1, 0.15) is 121 Å². The summed E-state index contributed by atoms with van der Waals surface area (Å²) in [7, 11) is 0. The van der Waals surface area contributed by atoms with Gasteiger partial charge >= 0.3 is 23.9 Å². The van der Waals surface area contributed by atoms with Crippen molar-refractivity contribution in [3.63, 3.8) is 0 Å². The SMILES string of the molecule is [2H]c1c([2H])c([2H])c(C(=O)Oc2cc3c(cc2OC(=O)c2c([2H])c([2H])c([2H])c([2H])c2[2H])C(C)(C)CC2(CC(C)(C)c4cc(OC(=O)c5c([2H])c([2H])c([2H])c([2H])c5[2H])c(OC(=O)c5c([2H])c([2H])c([2H])c([2H])c5[2H])cc4O2)O3)c([2H])c1[2H]. The van der Waals surface area contributed by atoms with Crippen molar-refractivity contribution in [2.75, 3.05) is 0 Å². The van der Waals surface area contributed by atoms with E-state index in [2.05, 4.69) is 0 Å². The topological polar surface area (TPSA) is 124 Å². The standard InChI is InChI=1S/C49H40O10/c1-47(2)29-49(58-37-27-41(56-45(52)33-21-13-7-14-22-33)39(25-35(37)47)54-43(50)31-17-9-5-10-18-31)30-48(3,4)36-26-40(55-44(51)32-19-11-6-12-20-32)42(28-38(36)59-49)57-46(53)34-23-15-8-16-24-34/h5-28H,29-30H2,1-4H3/i5D,6D,7D,8D,9D,10D,11D,12D,13D,14D,15D,16D,17D,18D,19D,20D,21D,22D,23D,24D. The van der Waals surface area contributed by atoms with Crippen LogP contribution in [0.3, 0.4) is 0 Å². The van der Waals surface area contributed by atoms with E-state index in [0.29, 0.717) is 0 Å². The van der Waals surface area contributed by atoms with Gasteiger partial charge in [-0.2, -0.15) is 0 Å². The number of esters is 4. The summed E-state index contributed by atoms with van der Waals surface area (Å²) in [6.45, 7) is 6.76. The summed E-state index contributed by atoms with van der Waals surface area (Å²) in [5, 5.41) is 0. The van der Waals surface area contributed by atoms with E-state index in [1.807, 2.05) is 0 Å². The van der Waals surface area contributed by atoms with Gasteiger partial charge in [-0.15, -0.1) is 0 Å². The van der Waals surface area contributed by atoms with Crippen LogP contribution in [0.5, 0.6) is 34.5 Å². The molecule has 0 aliphatic carbocycles. The van der Waals surface area contributed by atoms with Crippen molar-refractivity contribution in [2.45, 2.75) is 57.2 Å². The third-order valence-electron chi connectivity index (χ3n) is 9.19. The van der Waals surface area contributed by atoms with Crippen molar-refractivity contribution in [3.05, 3.63) is 178 Å². The van der Waals surface area contributed by atoms with E-state index >= 15 is 0 Å². The Bertz CT molecular complexity index is 3390.